The summed E-state index contributed by atoms with van der Waals surface area (Å²) in [5, 5.41) is 12.1. The fourth-order valence-electron chi connectivity index (χ4n) is 1.08. The Morgan fingerprint density at radius 1 is 1.56 bits per heavy atom. The van der Waals surface area contributed by atoms with Crippen LogP contribution in [0.4, 0.5) is 0 Å². The van der Waals surface area contributed by atoms with Crippen LogP contribution < -0.4 is 4.74 Å². The standard InChI is InChI=1S/C11H8N4O/c1-16-11-5-4-9(7-10(11)8-12)3-2-6-14-15-13/h4-5,7H,6H2,1H3. The third kappa shape index (κ3) is 2.95. The fraction of sp³-hybridized carbons (Fsp3) is 0.182. The number of rotatable bonds is 2. The van der Waals surface area contributed by atoms with E-state index in [4.69, 9.17) is 15.5 Å². The minimum Gasteiger partial charge on any atom is -0.495 e. The molecule has 0 aromatic heterocycles. The Balaban J connectivity index is 2.94. The van der Waals surface area contributed by atoms with Gasteiger partial charge in [-0.2, -0.15) is 5.26 Å². The molecule has 1 aromatic rings. The van der Waals surface area contributed by atoms with Crippen LogP contribution in [0.15, 0.2) is 23.3 Å². The van der Waals surface area contributed by atoms with Gasteiger partial charge in [-0.05, 0) is 23.7 Å². The smallest absolute Gasteiger partial charge is 0.136 e. The maximum atomic E-state index is 8.84. The number of ether oxygens (including phenoxy) is 1. The molecule has 0 saturated carbocycles. The zero-order chi connectivity index (χ0) is 11.8. The van der Waals surface area contributed by atoms with Crippen LogP contribution in [0.25, 0.3) is 10.4 Å². The average molecular weight is 212 g/mol. The summed E-state index contributed by atoms with van der Waals surface area (Å²) in [7, 11) is 1.50. The lowest BCUT2D eigenvalue weighted by Gasteiger charge is -2.01. The molecule has 0 spiro atoms. The molecule has 0 saturated heterocycles. The molecule has 16 heavy (non-hydrogen) atoms. The first kappa shape index (κ1) is 11.5. The molecule has 0 N–H and O–H groups in total. The number of benzene rings is 1. The molecule has 0 bridgehead atoms. The van der Waals surface area contributed by atoms with Crippen LogP contribution in [0, 0.1) is 23.2 Å². The van der Waals surface area contributed by atoms with Crippen LogP contribution in [-0.2, 0) is 0 Å². The van der Waals surface area contributed by atoms with E-state index in [1.807, 2.05) is 6.07 Å². The monoisotopic (exact) mass is 212 g/mol. The van der Waals surface area contributed by atoms with Gasteiger partial charge in [-0.25, -0.2) is 0 Å². The first-order valence-electron chi connectivity index (χ1n) is 4.39. The second-order valence-corrected chi connectivity index (χ2v) is 2.72. The third-order valence-corrected chi connectivity index (χ3v) is 1.77. The van der Waals surface area contributed by atoms with Crippen molar-refractivity contribution in [3.63, 3.8) is 0 Å². The molecular formula is C11H8N4O. The minimum atomic E-state index is 0.115. The van der Waals surface area contributed by atoms with Crippen molar-refractivity contribution in [2.45, 2.75) is 0 Å². The molecule has 0 aliphatic heterocycles. The van der Waals surface area contributed by atoms with Gasteiger partial charge in [0.25, 0.3) is 0 Å². The Hall–Kier alpha value is -2.62. The van der Waals surface area contributed by atoms with E-state index in [0.29, 0.717) is 16.9 Å². The molecule has 0 unspecified atom stereocenters. The summed E-state index contributed by atoms with van der Waals surface area (Å²) in [5.41, 5.74) is 9.16. The van der Waals surface area contributed by atoms with Gasteiger partial charge in [-0.1, -0.05) is 17.0 Å². The van der Waals surface area contributed by atoms with Gasteiger partial charge in [0.05, 0.1) is 19.2 Å². The number of hydrogen-bond donors (Lipinski definition) is 0. The van der Waals surface area contributed by atoms with Gasteiger partial charge in [0.1, 0.15) is 11.8 Å². The average Bonchev–Trinajstić information content (AvgIpc) is 2.34. The summed E-state index contributed by atoms with van der Waals surface area (Å²) in [5.74, 6) is 5.97. The van der Waals surface area contributed by atoms with Crippen molar-refractivity contribution in [3.05, 3.63) is 39.8 Å². The van der Waals surface area contributed by atoms with E-state index < -0.39 is 0 Å². The molecule has 0 fully saturated rings. The topological polar surface area (TPSA) is 81.8 Å². The van der Waals surface area contributed by atoms with Gasteiger partial charge in [0, 0.05) is 10.5 Å². The molecule has 0 amide bonds. The number of nitrogens with zero attached hydrogens (tertiary/aromatic N) is 4. The van der Waals surface area contributed by atoms with Crippen LogP contribution in [0.2, 0.25) is 0 Å². The maximum absolute atomic E-state index is 8.84. The molecule has 5 nitrogen and oxygen atoms in total. The van der Waals surface area contributed by atoms with Crippen LogP contribution >= 0.6 is 0 Å². The van der Waals surface area contributed by atoms with Crippen molar-refractivity contribution in [2.24, 2.45) is 5.11 Å². The third-order valence-electron chi connectivity index (χ3n) is 1.77. The molecule has 0 atom stereocenters. The fourth-order valence-corrected chi connectivity index (χ4v) is 1.08. The van der Waals surface area contributed by atoms with Crippen LogP contribution in [-0.4, -0.2) is 13.7 Å². The normalized spacial score (nSPS) is 8.00. The van der Waals surface area contributed by atoms with Gasteiger partial charge in [0.15, 0.2) is 0 Å². The number of azide groups is 1. The van der Waals surface area contributed by atoms with Gasteiger partial charge in [-0.3, -0.25) is 0 Å². The highest BCUT2D eigenvalue weighted by Crippen LogP contribution is 2.17. The highest BCUT2D eigenvalue weighted by atomic mass is 16.5. The number of methoxy groups -OCH3 is 1. The van der Waals surface area contributed by atoms with Crippen molar-refractivity contribution in [1.82, 2.24) is 0 Å². The summed E-state index contributed by atoms with van der Waals surface area (Å²) in [4.78, 5) is 2.58. The van der Waals surface area contributed by atoms with Gasteiger partial charge >= 0.3 is 0 Å². The molecule has 1 rings (SSSR count). The summed E-state index contributed by atoms with van der Waals surface area (Å²) in [6.07, 6.45) is 0. The van der Waals surface area contributed by atoms with E-state index in [0.717, 1.165) is 0 Å². The van der Waals surface area contributed by atoms with Gasteiger partial charge in [-0.15, -0.1) is 0 Å². The SMILES string of the molecule is COc1ccc(C#CCN=[N+]=[N-])cc1C#N. The van der Waals surface area contributed by atoms with Crippen molar-refractivity contribution in [1.29, 1.82) is 5.26 Å². The summed E-state index contributed by atoms with van der Waals surface area (Å²) >= 11 is 0. The lowest BCUT2D eigenvalue weighted by Crippen LogP contribution is -1.88. The second-order valence-electron chi connectivity index (χ2n) is 2.72. The molecule has 78 valence electrons. The Labute approximate surface area is 92.9 Å². The lowest BCUT2D eigenvalue weighted by molar-refractivity contribution is 0.413. The van der Waals surface area contributed by atoms with Crippen LogP contribution in [0.1, 0.15) is 11.1 Å². The Kier molecular flexibility index (Phi) is 4.28. The predicted octanol–water partition coefficient (Wildman–Crippen LogP) is 2.23. The molecule has 0 aliphatic rings. The van der Waals surface area contributed by atoms with E-state index in [1.165, 1.54) is 7.11 Å². The minimum absolute atomic E-state index is 0.115. The highest BCUT2D eigenvalue weighted by molar-refractivity contribution is 5.49. The molecule has 0 radical (unpaired) electrons. The first-order valence-corrected chi connectivity index (χ1v) is 4.39. The Bertz CT molecular complexity index is 527. The quantitative estimate of drug-likeness (QED) is 0.326. The lowest BCUT2D eigenvalue weighted by atomic mass is 10.1. The summed E-state index contributed by atoms with van der Waals surface area (Å²) < 4.78 is 5.00. The van der Waals surface area contributed by atoms with Crippen molar-refractivity contribution >= 4 is 0 Å². The molecule has 0 heterocycles. The Morgan fingerprint density at radius 2 is 2.38 bits per heavy atom. The highest BCUT2D eigenvalue weighted by Gasteiger charge is 2.01. The van der Waals surface area contributed by atoms with E-state index in [9.17, 15) is 0 Å². The number of nitriles is 1. The molecule has 5 heteroatoms. The van der Waals surface area contributed by atoms with E-state index in [2.05, 4.69) is 21.9 Å². The zero-order valence-electron chi connectivity index (χ0n) is 8.64. The van der Waals surface area contributed by atoms with Crippen molar-refractivity contribution in [3.8, 4) is 23.7 Å². The largest absolute Gasteiger partial charge is 0.495 e. The molecule has 0 aliphatic carbocycles. The van der Waals surface area contributed by atoms with Crippen LogP contribution in [0.3, 0.4) is 0 Å². The summed E-state index contributed by atoms with van der Waals surface area (Å²) in [6, 6.07) is 7.06. The maximum Gasteiger partial charge on any atom is 0.136 e. The zero-order valence-corrected chi connectivity index (χ0v) is 8.64. The molecule has 1 aromatic carbocycles. The van der Waals surface area contributed by atoms with E-state index in [-0.39, 0.29) is 6.54 Å². The second kappa shape index (κ2) is 5.98. The van der Waals surface area contributed by atoms with E-state index in [1.54, 1.807) is 18.2 Å². The molecular weight excluding hydrogens is 204 g/mol. The number of hydrogen-bond acceptors (Lipinski definition) is 3. The van der Waals surface area contributed by atoms with Crippen LogP contribution in [0.5, 0.6) is 5.75 Å². The predicted molar refractivity (Wildman–Crippen MR) is 58.6 cm³/mol. The van der Waals surface area contributed by atoms with E-state index >= 15 is 0 Å². The Morgan fingerprint density at radius 3 is 3.00 bits per heavy atom. The van der Waals surface area contributed by atoms with Gasteiger partial charge in [0.2, 0.25) is 0 Å². The van der Waals surface area contributed by atoms with Crippen molar-refractivity contribution < 1.29 is 4.74 Å². The first-order chi connectivity index (χ1) is 7.81. The van der Waals surface area contributed by atoms with Crippen molar-refractivity contribution in [2.75, 3.05) is 13.7 Å². The summed E-state index contributed by atoms with van der Waals surface area (Å²) in [6.45, 7) is 0.115. The van der Waals surface area contributed by atoms with Gasteiger partial charge < -0.3 is 4.74 Å².